The molecule has 0 bridgehead atoms. The van der Waals surface area contributed by atoms with Crippen LogP contribution in [0, 0.1) is 5.92 Å². The number of hydrogen-bond acceptors (Lipinski definition) is 3. The van der Waals surface area contributed by atoms with Gasteiger partial charge in [-0.15, -0.1) is 6.58 Å². The van der Waals surface area contributed by atoms with Crippen LogP contribution >= 0.6 is 0 Å². The molecule has 1 aliphatic heterocycles. The van der Waals surface area contributed by atoms with Crippen molar-refractivity contribution < 1.29 is 14.2 Å². The monoisotopic (exact) mass is 490 g/mol. The van der Waals surface area contributed by atoms with Crippen LogP contribution < -0.4 is 4.74 Å². The van der Waals surface area contributed by atoms with E-state index in [1.54, 1.807) is 0 Å². The summed E-state index contributed by atoms with van der Waals surface area (Å²) in [4.78, 5) is 0. The molecule has 1 spiro atoms. The van der Waals surface area contributed by atoms with Crippen molar-refractivity contribution in [2.75, 3.05) is 13.2 Å². The molecule has 2 aromatic carbocycles. The summed E-state index contributed by atoms with van der Waals surface area (Å²) < 4.78 is 19.0. The maximum atomic E-state index is 6.63. The molecule has 0 unspecified atom stereocenters. The van der Waals surface area contributed by atoms with Gasteiger partial charge in [0.05, 0.1) is 13.2 Å². The summed E-state index contributed by atoms with van der Waals surface area (Å²) in [5.41, 5.74) is 3.97. The highest BCUT2D eigenvalue weighted by Gasteiger charge is 2.46. The molecule has 1 aliphatic carbocycles. The van der Waals surface area contributed by atoms with Gasteiger partial charge < -0.3 is 14.2 Å². The van der Waals surface area contributed by atoms with Gasteiger partial charge in [-0.3, -0.25) is 0 Å². The summed E-state index contributed by atoms with van der Waals surface area (Å²) >= 11 is 0. The van der Waals surface area contributed by atoms with Crippen molar-refractivity contribution in [1.82, 2.24) is 0 Å². The number of benzene rings is 2. The standard InChI is InChI=1S/C33H46O3/c1-5-7-8-12-19-32(3,4)28-16-17-29(31(23-28)34-25-26-14-10-9-11-15-26)30-24-33(35-21-22-36-33)20-18-27(30)13-6-2/h6,9-11,14-17,23,27,30H,2,5,7-8,12-13,18-22,24-25H2,1,3-4H3/t27-,30-/m0/s1. The molecule has 196 valence electrons. The van der Waals surface area contributed by atoms with Gasteiger partial charge in [0.15, 0.2) is 5.79 Å². The Morgan fingerprint density at radius 3 is 2.56 bits per heavy atom. The number of rotatable bonds is 12. The smallest absolute Gasteiger partial charge is 0.169 e. The molecule has 4 rings (SSSR count). The molecule has 2 atom stereocenters. The van der Waals surface area contributed by atoms with Crippen LogP contribution in [0.5, 0.6) is 5.75 Å². The summed E-state index contributed by atoms with van der Waals surface area (Å²) in [7, 11) is 0. The molecular weight excluding hydrogens is 444 g/mol. The van der Waals surface area contributed by atoms with E-state index in [1.807, 2.05) is 0 Å². The average molecular weight is 491 g/mol. The van der Waals surface area contributed by atoms with E-state index in [9.17, 15) is 0 Å². The Balaban J connectivity index is 1.64. The van der Waals surface area contributed by atoms with Gasteiger partial charge in [-0.1, -0.05) is 95.0 Å². The summed E-state index contributed by atoms with van der Waals surface area (Å²) in [5, 5.41) is 0. The highest BCUT2D eigenvalue weighted by Crippen LogP contribution is 2.50. The van der Waals surface area contributed by atoms with Gasteiger partial charge in [0, 0.05) is 12.8 Å². The molecule has 0 amide bonds. The Bertz CT molecular complexity index is 958. The fraction of sp³-hybridized carbons (Fsp3) is 0.576. The van der Waals surface area contributed by atoms with Crippen molar-refractivity contribution in [3.63, 3.8) is 0 Å². The Labute approximate surface area is 219 Å². The maximum absolute atomic E-state index is 6.63. The predicted octanol–water partition coefficient (Wildman–Crippen LogP) is 8.72. The molecule has 3 nitrogen and oxygen atoms in total. The fourth-order valence-corrected chi connectivity index (χ4v) is 6.09. The second kappa shape index (κ2) is 12.4. The van der Waals surface area contributed by atoms with Crippen LogP contribution in [0.1, 0.15) is 101 Å². The minimum Gasteiger partial charge on any atom is -0.489 e. The summed E-state index contributed by atoms with van der Waals surface area (Å²) in [6.45, 7) is 13.1. The van der Waals surface area contributed by atoms with Crippen LogP contribution in [0.15, 0.2) is 61.2 Å². The van der Waals surface area contributed by atoms with Gasteiger partial charge in [0.2, 0.25) is 0 Å². The van der Waals surface area contributed by atoms with Crippen LogP contribution in [0.3, 0.4) is 0 Å². The van der Waals surface area contributed by atoms with Gasteiger partial charge in [-0.25, -0.2) is 0 Å². The first kappa shape index (κ1) is 26.9. The fourth-order valence-electron chi connectivity index (χ4n) is 6.09. The Morgan fingerprint density at radius 1 is 1.06 bits per heavy atom. The van der Waals surface area contributed by atoms with Crippen molar-refractivity contribution in [2.45, 2.75) is 102 Å². The van der Waals surface area contributed by atoms with Crippen LogP contribution in [0.25, 0.3) is 0 Å². The zero-order valence-electron chi connectivity index (χ0n) is 22.8. The minimum absolute atomic E-state index is 0.114. The number of hydrogen-bond donors (Lipinski definition) is 0. The van der Waals surface area contributed by atoms with E-state index in [2.05, 4.69) is 82.0 Å². The third-order valence-electron chi connectivity index (χ3n) is 8.37. The second-order valence-corrected chi connectivity index (χ2v) is 11.5. The van der Waals surface area contributed by atoms with E-state index < -0.39 is 5.79 Å². The van der Waals surface area contributed by atoms with Gasteiger partial charge in [0.1, 0.15) is 12.4 Å². The average Bonchev–Trinajstić information content (AvgIpc) is 3.35. The van der Waals surface area contributed by atoms with Crippen LogP contribution in [-0.4, -0.2) is 19.0 Å². The number of allylic oxidation sites excluding steroid dienone is 1. The number of ether oxygens (including phenoxy) is 3. The van der Waals surface area contributed by atoms with Crippen LogP contribution in [0.2, 0.25) is 0 Å². The second-order valence-electron chi connectivity index (χ2n) is 11.5. The normalized spacial score (nSPS) is 21.5. The lowest BCUT2D eigenvalue weighted by Crippen LogP contribution is -2.39. The van der Waals surface area contributed by atoms with Crippen molar-refractivity contribution in [3.8, 4) is 5.75 Å². The van der Waals surface area contributed by atoms with Gasteiger partial charge >= 0.3 is 0 Å². The quantitative estimate of drug-likeness (QED) is 0.220. The molecular formula is C33H46O3. The highest BCUT2D eigenvalue weighted by molar-refractivity contribution is 5.43. The molecule has 2 aromatic rings. The summed E-state index contributed by atoms with van der Waals surface area (Å²) in [5.74, 6) is 1.43. The van der Waals surface area contributed by atoms with Gasteiger partial charge in [-0.2, -0.15) is 0 Å². The molecule has 1 heterocycles. The molecule has 0 radical (unpaired) electrons. The molecule has 2 fully saturated rings. The van der Waals surface area contributed by atoms with Crippen molar-refractivity contribution in [2.24, 2.45) is 5.92 Å². The number of unbranched alkanes of at least 4 members (excludes halogenated alkanes) is 3. The van der Waals surface area contributed by atoms with Crippen molar-refractivity contribution in [3.05, 3.63) is 77.9 Å². The zero-order chi connectivity index (χ0) is 25.4. The zero-order valence-corrected chi connectivity index (χ0v) is 22.8. The molecule has 0 N–H and O–H groups in total. The van der Waals surface area contributed by atoms with Gasteiger partial charge in [0.25, 0.3) is 0 Å². The minimum atomic E-state index is -0.434. The first-order valence-electron chi connectivity index (χ1n) is 14.2. The lowest BCUT2D eigenvalue weighted by atomic mass is 9.70. The Kier molecular flexibility index (Phi) is 9.30. The summed E-state index contributed by atoms with van der Waals surface area (Å²) in [6.07, 6.45) is 12.4. The summed E-state index contributed by atoms with van der Waals surface area (Å²) in [6, 6.07) is 17.5. The van der Waals surface area contributed by atoms with E-state index in [0.29, 0.717) is 31.7 Å². The highest BCUT2D eigenvalue weighted by atomic mass is 16.7. The third kappa shape index (κ3) is 6.61. The predicted molar refractivity (Wildman–Crippen MR) is 149 cm³/mol. The maximum Gasteiger partial charge on any atom is 0.169 e. The van der Waals surface area contributed by atoms with Crippen molar-refractivity contribution >= 4 is 0 Å². The van der Waals surface area contributed by atoms with E-state index in [0.717, 1.165) is 31.4 Å². The molecule has 2 aliphatic rings. The van der Waals surface area contributed by atoms with E-state index in [4.69, 9.17) is 14.2 Å². The van der Waals surface area contributed by atoms with Crippen molar-refractivity contribution in [1.29, 1.82) is 0 Å². The van der Waals surface area contributed by atoms with Gasteiger partial charge in [-0.05, 0) is 59.3 Å². The molecule has 36 heavy (non-hydrogen) atoms. The third-order valence-corrected chi connectivity index (χ3v) is 8.37. The molecule has 0 aromatic heterocycles. The van der Waals surface area contributed by atoms with E-state index in [-0.39, 0.29) is 5.41 Å². The molecule has 1 saturated carbocycles. The van der Waals surface area contributed by atoms with E-state index in [1.165, 1.54) is 48.8 Å². The lowest BCUT2D eigenvalue weighted by molar-refractivity contribution is -0.187. The van der Waals surface area contributed by atoms with Crippen LogP contribution in [-0.2, 0) is 21.5 Å². The first-order chi connectivity index (χ1) is 17.5. The molecule has 3 heteroatoms. The lowest BCUT2D eigenvalue weighted by Gasteiger charge is -2.41. The topological polar surface area (TPSA) is 27.7 Å². The van der Waals surface area contributed by atoms with E-state index >= 15 is 0 Å². The Morgan fingerprint density at radius 2 is 1.83 bits per heavy atom. The largest absolute Gasteiger partial charge is 0.489 e. The van der Waals surface area contributed by atoms with Crippen LogP contribution in [0.4, 0.5) is 0 Å². The SMILES string of the molecule is C=CC[C@H]1CCC2(C[C@@H]1c1ccc(C(C)(C)CCCCCC)cc1OCc1ccccc1)OCCO2. The Hall–Kier alpha value is -2.10. The first-order valence-corrected chi connectivity index (χ1v) is 14.2. The molecule has 1 saturated heterocycles.